The molecule has 0 fully saturated rings. The highest BCUT2D eigenvalue weighted by Crippen LogP contribution is 2.22. The monoisotopic (exact) mass is 254 g/mol. The molecule has 5 heteroatoms. The van der Waals surface area contributed by atoms with Crippen LogP contribution in [-0.2, 0) is 4.74 Å². The van der Waals surface area contributed by atoms with Crippen LogP contribution in [0.4, 0.5) is 5.82 Å². The molecule has 0 amide bonds. The molecule has 0 aromatic carbocycles. The predicted octanol–water partition coefficient (Wildman–Crippen LogP) is 1.68. The number of anilines is 1. The molecular weight excluding hydrogens is 232 g/mol. The number of rotatable bonds is 9. The predicted molar refractivity (Wildman–Crippen MR) is 71.0 cm³/mol. The van der Waals surface area contributed by atoms with Gasteiger partial charge in [-0.3, -0.25) is 0 Å². The SMILES string of the molecule is CCCOc1cccnc1NC(CO)CCOC. The highest BCUT2D eigenvalue weighted by Gasteiger charge is 2.11. The van der Waals surface area contributed by atoms with E-state index >= 15 is 0 Å². The van der Waals surface area contributed by atoms with E-state index in [4.69, 9.17) is 9.47 Å². The first-order valence-electron chi connectivity index (χ1n) is 6.26. The van der Waals surface area contributed by atoms with E-state index in [2.05, 4.69) is 17.2 Å². The Morgan fingerprint density at radius 1 is 1.44 bits per heavy atom. The van der Waals surface area contributed by atoms with Gasteiger partial charge in [-0.25, -0.2) is 4.98 Å². The molecule has 0 saturated heterocycles. The largest absolute Gasteiger partial charge is 0.490 e. The number of hydrogen-bond donors (Lipinski definition) is 2. The molecule has 2 N–H and O–H groups in total. The third kappa shape index (κ3) is 4.89. The van der Waals surface area contributed by atoms with Gasteiger partial charge in [-0.1, -0.05) is 6.92 Å². The molecule has 1 aromatic heterocycles. The molecule has 0 saturated carbocycles. The minimum absolute atomic E-state index is 0.0349. The van der Waals surface area contributed by atoms with Crippen molar-refractivity contribution in [2.45, 2.75) is 25.8 Å². The summed E-state index contributed by atoms with van der Waals surface area (Å²) < 4.78 is 10.6. The van der Waals surface area contributed by atoms with Gasteiger partial charge in [0.2, 0.25) is 0 Å². The van der Waals surface area contributed by atoms with Crippen molar-refractivity contribution in [3.63, 3.8) is 0 Å². The highest BCUT2D eigenvalue weighted by atomic mass is 16.5. The highest BCUT2D eigenvalue weighted by molar-refractivity contribution is 5.50. The van der Waals surface area contributed by atoms with E-state index in [1.165, 1.54) is 0 Å². The van der Waals surface area contributed by atoms with Crippen LogP contribution in [0.1, 0.15) is 19.8 Å². The Morgan fingerprint density at radius 2 is 2.28 bits per heavy atom. The number of pyridine rings is 1. The molecule has 102 valence electrons. The Hall–Kier alpha value is -1.33. The van der Waals surface area contributed by atoms with E-state index in [9.17, 15) is 5.11 Å². The van der Waals surface area contributed by atoms with Crippen molar-refractivity contribution < 1.29 is 14.6 Å². The molecule has 1 atom stereocenters. The van der Waals surface area contributed by atoms with Crippen molar-refractivity contribution in [2.24, 2.45) is 0 Å². The zero-order valence-electron chi connectivity index (χ0n) is 11.1. The number of aliphatic hydroxyl groups excluding tert-OH is 1. The maximum Gasteiger partial charge on any atom is 0.169 e. The first kappa shape index (κ1) is 14.7. The van der Waals surface area contributed by atoms with Gasteiger partial charge in [-0.15, -0.1) is 0 Å². The molecule has 0 bridgehead atoms. The fourth-order valence-electron chi connectivity index (χ4n) is 1.49. The molecule has 5 nitrogen and oxygen atoms in total. The summed E-state index contributed by atoms with van der Waals surface area (Å²) in [5, 5.41) is 12.5. The summed E-state index contributed by atoms with van der Waals surface area (Å²) in [5.41, 5.74) is 0. The summed E-state index contributed by atoms with van der Waals surface area (Å²) in [4.78, 5) is 4.24. The van der Waals surface area contributed by atoms with Crippen molar-refractivity contribution in [1.82, 2.24) is 4.98 Å². The Balaban J connectivity index is 2.63. The molecule has 1 unspecified atom stereocenters. The van der Waals surface area contributed by atoms with Crippen LogP contribution in [0.2, 0.25) is 0 Å². The van der Waals surface area contributed by atoms with Crippen molar-refractivity contribution in [1.29, 1.82) is 0 Å². The second kappa shape index (κ2) is 8.72. The second-order valence-electron chi connectivity index (χ2n) is 4.00. The average Bonchev–Trinajstić information content (AvgIpc) is 2.42. The van der Waals surface area contributed by atoms with Crippen LogP contribution >= 0.6 is 0 Å². The van der Waals surface area contributed by atoms with Crippen LogP contribution in [0.3, 0.4) is 0 Å². The maximum atomic E-state index is 9.29. The second-order valence-corrected chi connectivity index (χ2v) is 4.00. The van der Waals surface area contributed by atoms with E-state index in [0.717, 1.165) is 18.6 Å². The first-order valence-corrected chi connectivity index (χ1v) is 6.26. The number of aliphatic hydroxyl groups is 1. The van der Waals surface area contributed by atoms with E-state index in [0.29, 0.717) is 19.0 Å². The van der Waals surface area contributed by atoms with Crippen molar-refractivity contribution in [3.05, 3.63) is 18.3 Å². The molecule has 1 rings (SSSR count). The van der Waals surface area contributed by atoms with Gasteiger partial charge in [-0.2, -0.15) is 0 Å². The topological polar surface area (TPSA) is 63.6 Å². The molecule has 0 aliphatic heterocycles. The lowest BCUT2D eigenvalue weighted by Crippen LogP contribution is -2.26. The number of hydrogen-bond acceptors (Lipinski definition) is 5. The smallest absolute Gasteiger partial charge is 0.169 e. The fourth-order valence-corrected chi connectivity index (χ4v) is 1.49. The van der Waals surface area contributed by atoms with Gasteiger partial charge in [0.15, 0.2) is 11.6 Å². The fraction of sp³-hybridized carbons (Fsp3) is 0.615. The van der Waals surface area contributed by atoms with Crippen molar-refractivity contribution in [2.75, 3.05) is 32.2 Å². The standard InChI is InChI=1S/C13H22N2O3/c1-3-8-18-12-5-4-7-14-13(12)15-11(10-16)6-9-17-2/h4-5,7,11,16H,3,6,8-10H2,1-2H3,(H,14,15). The maximum absolute atomic E-state index is 9.29. The summed E-state index contributed by atoms with van der Waals surface area (Å²) in [6, 6.07) is 3.62. The molecule has 1 aromatic rings. The van der Waals surface area contributed by atoms with Crippen LogP contribution in [0.25, 0.3) is 0 Å². The van der Waals surface area contributed by atoms with E-state index < -0.39 is 0 Å². The van der Waals surface area contributed by atoms with Gasteiger partial charge < -0.3 is 19.9 Å². The molecule has 1 heterocycles. The molecule has 0 aliphatic carbocycles. The summed E-state index contributed by atoms with van der Waals surface area (Å²) in [7, 11) is 1.64. The van der Waals surface area contributed by atoms with Gasteiger partial charge in [0.1, 0.15) is 0 Å². The van der Waals surface area contributed by atoms with Gasteiger partial charge in [-0.05, 0) is 25.0 Å². The van der Waals surface area contributed by atoms with Crippen LogP contribution in [0, 0.1) is 0 Å². The molecule has 0 aliphatic rings. The Labute approximate surface area is 108 Å². The molecule has 0 radical (unpaired) electrons. The zero-order valence-corrected chi connectivity index (χ0v) is 11.1. The summed E-state index contributed by atoms with van der Waals surface area (Å²) >= 11 is 0. The Morgan fingerprint density at radius 3 is 2.94 bits per heavy atom. The van der Waals surface area contributed by atoms with Crippen LogP contribution < -0.4 is 10.1 Å². The van der Waals surface area contributed by atoms with Crippen molar-refractivity contribution >= 4 is 5.82 Å². The summed E-state index contributed by atoms with van der Waals surface area (Å²) in [5.74, 6) is 1.39. The Bertz CT molecular complexity index is 334. The van der Waals surface area contributed by atoms with E-state index in [1.54, 1.807) is 13.3 Å². The minimum atomic E-state index is -0.0798. The van der Waals surface area contributed by atoms with Crippen LogP contribution in [0.5, 0.6) is 5.75 Å². The van der Waals surface area contributed by atoms with E-state index in [-0.39, 0.29) is 12.6 Å². The number of nitrogens with zero attached hydrogens (tertiary/aromatic N) is 1. The lowest BCUT2D eigenvalue weighted by atomic mass is 10.2. The summed E-state index contributed by atoms with van der Waals surface area (Å²) in [6.45, 7) is 3.34. The van der Waals surface area contributed by atoms with Gasteiger partial charge in [0.05, 0.1) is 19.3 Å². The normalized spacial score (nSPS) is 12.2. The number of methoxy groups -OCH3 is 1. The first-order chi connectivity index (χ1) is 8.81. The van der Waals surface area contributed by atoms with E-state index in [1.807, 2.05) is 12.1 Å². The molecule has 18 heavy (non-hydrogen) atoms. The lowest BCUT2D eigenvalue weighted by Gasteiger charge is -2.18. The number of ether oxygens (including phenoxy) is 2. The van der Waals surface area contributed by atoms with Gasteiger partial charge >= 0.3 is 0 Å². The average molecular weight is 254 g/mol. The quantitative estimate of drug-likeness (QED) is 0.702. The lowest BCUT2D eigenvalue weighted by molar-refractivity contribution is 0.174. The molecular formula is C13H22N2O3. The zero-order chi connectivity index (χ0) is 13.2. The van der Waals surface area contributed by atoms with Gasteiger partial charge in [0.25, 0.3) is 0 Å². The van der Waals surface area contributed by atoms with Crippen LogP contribution in [0.15, 0.2) is 18.3 Å². The van der Waals surface area contributed by atoms with Crippen LogP contribution in [-0.4, -0.2) is 43.1 Å². The third-order valence-corrected chi connectivity index (χ3v) is 2.46. The van der Waals surface area contributed by atoms with Gasteiger partial charge in [0, 0.05) is 19.9 Å². The third-order valence-electron chi connectivity index (χ3n) is 2.46. The minimum Gasteiger partial charge on any atom is -0.490 e. The Kier molecular flexibility index (Phi) is 7.13. The number of aromatic nitrogens is 1. The van der Waals surface area contributed by atoms with Crippen molar-refractivity contribution in [3.8, 4) is 5.75 Å². The summed E-state index contributed by atoms with van der Waals surface area (Å²) in [6.07, 6.45) is 3.37. The molecule has 0 spiro atoms. The number of nitrogens with one attached hydrogen (secondary N) is 1.